The molecule has 0 saturated heterocycles. The molecule has 1 heterocycles. The molecule has 3 heteroatoms. The average Bonchev–Trinajstić information content (AvgIpc) is 2.47. The smallest absolute Gasteiger partial charge is 0.0950 e. The summed E-state index contributed by atoms with van der Waals surface area (Å²) in [7, 11) is 0. The zero-order valence-electron chi connectivity index (χ0n) is 7.95. The summed E-state index contributed by atoms with van der Waals surface area (Å²) in [5.74, 6) is 1.17. The monoisotopic (exact) mass is 184 g/mol. The highest BCUT2D eigenvalue weighted by Gasteiger charge is 2.08. The van der Waals surface area contributed by atoms with Gasteiger partial charge in [-0.15, -0.1) is 0 Å². The van der Waals surface area contributed by atoms with Crippen LogP contribution in [-0.4, -0.2) is 21.6 Å². The third kappa shape index (κ3) is 2.03. The highest BCUT2D eigenvalue weighted by molar-refractivity contribution is 7.98. The number of hydrogen-bond acceptors (Lipinski definition) is 2. The van der Waals surface area contributed by atoms with Gasteiger partial charge in [-0.1, -0.05) is 6.92 Å². The van der Waals surface area contributed by atoms with E-state index in [1.807, 2.05) is 24.3 Å². The second-order valence-corrected chi connectivity index (χ2v) is 3.87. The van der Waals surface area contributed by atoms with E-state index in [-0.39, 0.29) is 0 Å². The minimum Gasteiger partial charge on any atom is -0.331 e. The van der Waals surface area contributed by atoms with Crippen molar-refractivity contribution in [3.8, 4) is 0 Å². The predicted molar refractivity (Wildman–Crippen MR) is 54.7 cm³/mol. The Morgan fingerprint density at radius 2 is 2.42 bits per heavy atom. The first-order valence-corrected chi connectivity index (χ1v) is 5.66. The van der Waals surface area contributed by atoms with Gasteiger partial charge in [0.2, 0.25) is 0 Å². The molecule has 1 unspecified atom stereocenters. The van der Waals surface area contributed by atoms with Gasteiger partial charge in [-0.25, -0.2) is 4.98 Å². The van der Waals surface area contributed by atoms with Crippen molar-refractivity contribution in [3.63, 3.8) is 0 Å². The van der Waals surface area contributed by atoms with Crippen LogP contribution in [-0.2, 0) is 0 Å². The third-order valence-corrected chi connectivity index (χ3v) is 2.80. The molecular weight excluding hydrogens is 168 g/mol. The van der Waals surface area contributed by atoms with Crippen LogP contribution in [0.3, 0.4) is 0 Å². The Bertz CT molecular complexity index is 232. The van der Waals surface area contributed by atoms with Gasteiger partial charge in [-0.3, -0.25) is 0 Å². The predicted octanol–water partition coefficient (Wildman–Crippen LogP) is 2.51. The lowest BCUT2D eigenvalue weighted by Gasteiger charge is -2.16. The molecule has 0 radical (unpaired) electrons. The van der Waals surface area contributed by atoms with Crippen LogP contribution in [0.5, 0.6) is 0 Å². The minimum atomic E-state index is 0.613. The van der Waals surface area contributed by atoms with Crippen molar-refractivity contribution in [2.45, 2.75) is 26.3 Å². The number of aryl methyl sites for hydroxylation is 1. The number of imidazole rings is 1. The fourth-order valence-corrected chi connectivity index (χ4v) is 2.12. The van der Waals surface area contributed by atoms with E-state index in [0.29, 0.717) is 6.04 Å². The van der Waals surface area contributed by atoms with E-state index in [0.717, 1.165) is 0 Å². The normalized spacial score (nSPS) is 13.2. The number of rotatable bonds is 4. The van der Waals surface area contributed by atoms with Crippen LogP contribution in [0.1, 0.15) is 25.1 Å². The van der Waals surface area contributed by atoms with E-state index in [1.54, 1.807) is 0 Å². The molecule has 1 atom stereocenters. The molecular formula is C9H16N2S. The maximum Gasteiger partial charge on any atom is 0.0950 e. The van der Waals surface area contributed by atoms with E-state index >= 15 is 0 Å². The Labute approximate surface area is 78.4 Å². The molecule has 0 bridgehead atoms. The van der Waals surface area contributed by atoms with E-state index < -0.39 is 0 Å². The molecule has 2 nitrogen and oxygen atoms in total. The van der Waals surface area contributed by atoms with Crippen LogP contribution < -0.4 is 0 Å². The van der Waals surface area contributed by atoms with Crippen LogP contribution in [0, 0.1) is 6.92 Å². The summed E-state index contributed by atoms with van der Waals surface area (Å²) in [5, 5.41) is 0. The van der Waals surface area contributed by atoms with Crippen molar-refractivity contribution in [2.75, 3.05) is 12.0 Å². The fraction of sp³-hybridized carbons (Fsp3) is 0.667. The Morgan fingerprint density at radius 1 is 1.67 bits per heavy atom. The van der Waals surface area contributed by atoms with Gasteiger partial charge < -0.3 is 4.57 Å². The molecule has 0 aliphatic heterocycles. The first-order valence-electron chi connectivity index (χ1n) is 4.27. The summed E-state index contributed by atoms with van der Waals surface area (Å²) in [4.78, 5) is 4.13. The molecule has 1 aromatic rings. The van der Waals surface area contributed by atoms with Gasteiger partial charge in [0.15, 0.2) is 0 Å². The van der Waals surface area contributed by atoms with Crippen molar-refractivity contribution in [1.82, 2.24) is 9.55 Å². The highest BCUT2D eigenvalue weighted by Crippen LogP contribution is 2.17. The molecule has 0 aliphatic rings. The SMILES string of the molecule is CCC(CSC)n1cncc1C. The van der Waals surface area contributed by atoms with Crippen LogP contribution in [0.15, 0.2) is 12.5 Å². The van der Waals surface area contributed by atoms with Gasteiger partial charge in [-0.05, 0) is 19.6 Å². The molecule has 0 aliphatic carbocycles. The average molecular weight is 184 g/mol. The summed E-state index contributed by atoms with van der Waals surface area (Å²) in [5.41, 5.74) is 1.26. The van der Waals surface area contributed by atoms with Gasteiger partial charge in [0.25, 0.3) is 0 Å². The summed E-state index contributed by atoms with van der Waals surface area (Å²) in [6, 6.07) is 0.613. The largest absolute Gasteiger partial charge is 0.331 e. The molecule has 1 aromatic heterocycles. The van der Waals surface area contributed by atoms with Gasteiger partial charge in [0, 0.05) is 23.7 Å². The lowest BCUT2D eigenvalue weighted by Crippen LogP contribution is -2.10. The Morgan fingerprint density at radius 3 is 2.83 bits per heavy atom. The second kappa shape index (κ2) is 4.55. The van der Waals surface area contributed by atoms with E-state index in [9.17, 15) is 0 Å². The second-order valence-electron chi connectivity index (χ2n) is 2.96. The van der Waals surface area contributed by atoms with E-state index in [1.165, 1.54) is 17.9 Å². The standard InChI is InChI=1S/C9H16N2S/c1-4-9(6-12-3)11-7-10-5-8(11)2/h5,7,9H,4,6H2,1-3H3. The molecule has 0 N–H and O–H groups in total. The zero-order chi connectivity index (χ0) is 8.97. The van der Waals surface area contributed by atoms with Crippen molar-refractivity contribution in [1.29, 1.82) is 0 Å². The van der Waals surface area contributed by atoms with Crippen LogP contribution in [0.4, 0.5) is 0 Å². The van der Waals surface area contributed by atoms with Gasteiger partial charge >= 0.3 is 0 Å². The number of nitrogens with zero attached hydrogens (tertiary/aromatic N) is 2. The molecule has 0 saturated carbocycles. The Hall–Kier alpha value is -0.440. The molecule has 12 heavy (non-hydrogen) atoms. The fourth-order valence-electron chi connectivity index (χ4n) is 1.34. The summed E-state index contributed by atoms with van der Waals surface area (Å²) < 4.78 is 2.26. The molecule has 0 amide bonds. The molecule has 0 fully saturated rings. The third-order valence-electron chi connectivity index (χ3n) is 2.08. The maximum atomic E-state index is 4.13. The lowest BCUT2D eigenvalue weighted by molar-refractivity contribution is 0.528. The Balaban J connectivity index is 2.72. The maximum absolute atomic E-state index is 4.13. The van der Waals surface area contributed by atoms with Crippen LogP contribution >= 0.6 is 11.8 Å². The molecule has 0 spiro atoms. The van der Waals surface area contributed by atoms with Crippen molar-refractivity contribution in [2.24, 2.45) is 0 Å². The van der Waals surface area contributed by atoms with Crippen LogP contribution in [0.25, 0.3) is 0 Å². The highest BCUT2D eigenvalue weighted by atomic mass is 32.2. The summed E-state index contributed by atoms with van der Waals surface area (Å²) >= 11 is 1.89. The number of thioether (sulfide) groups is 1. The van der Waals surface area contributed by atoms with Crippen molar-refractivity contribution >= 4 is 11.8 Å². The minimum absolute atomic E-state index is 0.613. The van der Waals surface area contributed by atoms with Gasteiger partial charge in [0.05, 0.1) is 6.33 Å². The van der Waals surface area contributed by atoms with E-state index in [4.69, 9.17) is 0 Å². The van der Waals surface area contributed by atoms with Crippen molar-refractivity contribution in [3.05, 3.63) is 18.2 Å². The first kappa shape index (κ1) is 9.65. The molecule has 0 aromatic carbocycles. The van der Waals surface area contributed by atoms with Gasteiger partial charge in [-0.2, -0.15) is 11.8 Å². The Kier molecular flexibility index (Phi) is 3.66. The summed E-state index contributed by atoms with van der Waals surface area (Å²) in [6.45, 7) is 4.33. The quantitative estimate of drug-likeness (QED) is 0.715. The first-order chi connectivity index (χ1) is 5.79. The van der Waals surface area contributed by atoms with Crippen molar-refractivity contribution < 1.29 is 0 Å². The molecule has 1 rings (SSSR count). The summed E-state index contributed by atoms with van der Waals surface area (Å²) in [6.07, 6.45) is 7.18. The molecule has 68 valence electrons. The lowest BCUT2D eigenvalue weighted by atomic mass is 10.2. The number of hydrogen-bond donors (Lipinski definition) is 0. The van der Waals surface area contributed by atoms with Gasteiger partial charge in [0.1, 0.15) is 0 Å². The zero-order valence-corrected chi connectivity index (χ0v) is 8.77. The topological polar surface area (TPSA) is 17.8 Å². The number of aromatic nitrogens is 2. The van der Waals surface area contributed by atoms with E-state index in [2.05, 4.69) is 29.7 Å². The van der Waals surface area contributed by atoms with Crippen LogP contribution in [0.2, 0.25) is 0 Å².